The summed E-state index contributed by atoms with van der Waals surface area (Å²) in [5, 5.41) is 5.83. The van der Waals surface area contributed by atoms with Crippen molar-refractivity contribution < 1.29 is 4.74 Å². The lowest BCUT2D eigenvalue weighted by atomic mass is 10.2. The van der Waals surface area contributed by atoms with E-state index in [1.54, 1.807) is 6.20 Å². The third-order valence-electron chi connectivity index (χ3n) is 2.99. The van der Waals surface area contributed by atoms with Crippen LogP contribution in [0.5, 0.6) is 5.75 Å². The summed E-state index contributed by atoms with van der Waals surface area (Å²) in [5.41, 5.74) is 9.86. The number of allylic oxidation sites excluding steroid dienone is 3. The van der Waals surface area contributed by atoms with Crippen LogP contribution in [0.4, 0.5) is 5.13 Å². The lowest BCUT2D eigenvalue weighted by molar-refractivity contribution is 0.339. The fourth-order valence-electron chi connectivity index (χ4n) is 1.96. The number of hydrogen-bond donors (Lipinski definition) is 2. The molecule has 0 atom stereocenters. The van der Waals surface area contributed by atoms with Crippen molar-refractivity contribution in [3.8, 4) is 17.1 Å². The maximum absolute atomic E-state index is 6.06. The van der Waals surface area contributed by atoms with Crippen LogP contribution in [-0.4, -0.2) is 16.6 Å². The van der Waals surface area contributed by atoms with Crippen molar-refractivity contribution >= 4 is 16.5 Å². The standard InChI is InChI=1S/C17H22N4OS/c1-5-22-13-6-7-14(19-9-13)15-10-23-17(20-15)21-16(18)12(4)8-11(2)3/h6-10H,5,18H2,1-4H3,(H,20,21)/b16-12+. The second kappa shape index (κ2) is 7.78. The largest absolute Gasteiger partial charge is 0.492 e. The van der Waals surface area contributed by atoms with Crippen LogP contribution < -0.4 is 15.8 Å². The minimum absolute atomic E-state index is 0.603. The van der Waals surface area contributed by atoms with Crippen LogP contribution in [0.1, 0.15) is 27.7 Å². The van der Waals surface area contributed by atoms with E-state index in [4.69, 9.17) is 10.5 Å². The first kappa shape index (κ1) is 17.0. The molecule has 3 N–H and O–H groups in total. The first-order chi connectivity index (χ1) is 11.0. The van der Waals surface area contributed by atoms with Gasteiger partial charge in [0.15, 0.2) is 5.13 Å². The maximum atomic E-state index is 6.06. The average Bonchev–Trinajstić information content (AvgIpc) is 2.96. The zero-order valence-corrected chi connectivity index (χ0v) is 14.7. The molecule has 0 bridgehead atoms. The van der Waals surface area contributed by atoms with Gasteiger partial charge in [-0.05, 0) is 45.4 Å². The average molecular weight is 330 g/mol. The van der Waals surface area contributed by atoms with Crippen molar-refractivity contribution in [3.63, 3.8) is 0 Å². The molecule has 0 radical (unpaired) electrons. The Balaban J connectivity index is 2.13. The number of hydrogen-bond acceptors (Lipinski definition) is 6. The Morgan fingerprint density at radius 1 is 1.30 bits per heavy atom. The second-order valence-corrected chi connectivity index (χ2v) is 6.15. The van der Waals surface area contributed by atoms with Crippen LogP contribution in [0.25, 0.3) is 11.4 Å². The molecule has 2 aromatic rings. The Kier molecular flexibility index (Phi) is 5.76. The van der Waals surface area contributed by atoms with Crippen molar-refractivity contribution in [3.05, 3.63) is 46.8 Å². The molecule has 0 saturated carbocycles. The van der Waals surface area contributed by atoms with E-state index in [0.29, 0.717) is 12.4 Å². The molecule has 122 valence electrons. The number of nitrogens with two attached hydrogens (primary N) is 1. The Morgan fingerprint density at radius 3 is 2.70 bits per heavy atom. The van der Waals surface area contributed by atoms with Crippen LogP contribution in [0.3, 0.4) is 0 Å². The molecule has 0 aliphatic rings. The predicted octanol–water partition coefficient (Wildman–Crippen LogP) is 4.17. The summed E-state index contributed by atoms with van der Waals surface area (Å²) in [7, 11) is 0. The van der Waals surface area contributed by atoms with Gasteiger partial charge >= 0.3 is 0 Å². The third-order valence-corrected chi connectivity index (χ3v) is 3.74. The van der Waals surface area contributed by atoms with Gasteiger partial charge in [0.25, 0.3) is 0 Å². The Labute approximate surface area is 140 Å². The van der Waals surface area contributed by atoms with E-state index < -0.39 is 0 Å². The molecule has 2 aromatic heterocycles. The minimum atomic E-state index is 0.603. The molecule has 0 aliphatic heterocycles. The van der Waals surface area contributed by atoms with Crippen LogP contribution >= 0.6 is 11.3 Å². The summed E-state index contributed by atoms with van der Waals surface area (Å²) in [6.07, 6.45) is 3.74. The number of thiazole rings is 1. The molecule has 0 aliphatic carbocycles. The molecule has 0 amide bonds. The van der Waals surface area contributed by atoms with Gasteiger partial charge in [-0.25, -0.2) is 4.98 Å². The highest BCUT2D eigenvalue weighted by molar-refractivity contribution is 7.14. The fraction of sp³-hybridized carbons (Fsp3) is 0.294. The molecule has 2 rings (SSSR count). The molecule has 0 aromatic carbocycles. The van der Waals surface area contributed by atoms with Crippen molar-refractivity contribution in [2.45, 2.75) is 27.7 Å². The van der Waals surface area contributed by atoms with Crippen molar-refractivity contribution in [1.29, 1.82) is 0 Å². The van der Waals surface area contributed by atoms with E-state index in [1.165, 1.54) is 16.9 Å². The highest BCUT2D eigenvalue weighted by Gasteiger charge is 2.07. The number of ether oxygens (including phenoxy) is 1. The topological polar surface area (TPSA) is 73.1 Å². The number of aromatic nitrogens is 2. The first-order valence-electron chi connectivity index (χ1n) is 7.42. The van der Waals surface area contributed by atoms with E-state index >= 15 is 0 Å². The van der Waals surface area contributed by atoms with Gasteiger partial charge in [0.1, 0.15) is 17.3 Å². The Morgan fingerprint density at radius 2 is 2.09 bits per heavy atom. The molecule has 5 nitrogen and oxygen atoms in total. The Hall–Kier alpha value is -2.34. The van der Waals surface area contributed by atoms with Crippen LogP contribution in [0, 0.1) is 0 Å². The van der Waals surface area contributed by atoms with Gasteiger partial charge in [0.05, 0.1) is 18.5 Å². The quantitative estimate of drug-likeness (QED) is 0.778. The van der Waals surface area contributed by atoms with Gasteiger partial charge in [0.2, 0.25) is 0 Å². The van der Waals surface area contributed by atoms with Crippen molar-refractivity contribution in [2.24, 2.45) is 5.73 Å². The third kappa shape index (κ3) is 4.82. The van der Waals surface area contributed by atoms with Crippen LogP contribution in [0.15, 0.2) is 46.8 Å². The summed E-state index contributed by atoms with van der Waals surface area (Å²) in [6.45, 7) is 8.62. The van der Waals surface area contributed by atoms with Gasteiger partial charge in [-0.2, -0.15) is 0 Å². The van der Waals surface area contributed by atoms with Crippen LogP contribution in [0.2, 0.25) is 0 Å². The molecule has 0 unspecified atom stereocenters. The molecular formula is C17H22N4OS. The van der Waals surface area contributed by atoms with E-state index in [0.717, 1.165) is 27.8 Å². The summed E-state index contributed by atoms with van der Waals surface area (Å²) in [4.78, 5) is 8.90. The fourth-order valence-corrected chi connectivity index (χ4v) is 2.67. The van der Waals surface area contributed by atoms with E-state index in [9.17, 15) is 0 Å². The molecule has 0 fully saturated rings. The van der Waals surface area contributed by atoms with Gasteiger partial charge < -0.3 is 15.8 Å². The second-order valence-electron chi connectivity index (χ2n) is 5.29. The summed E-state index contributed by atoms with van der Waals surface area (Å²) < 4.78 is 5.39. The Bertz CT molecular complexity index is 712. The highest BCUT2D eigenvalue weighted by atomic mass is 32.1. The first-order valence-corrected chi connectivity index (χ1v) is 8.30. The van der Waals surface area contributed by atoms with Gasteiger partial charge in [-0.3, -0.25) is 4.98 Å². The molecule has 2 heterocycles. The molecule has 0 spiro atoms. The predicted molar refractivity (Wildman–Crippen MR) is 96.5 cm³/mol. The molecular weight excluding hydrogens is 308 g/mol. The van der Waals surface area contributed by atoms with Crippen LogP contribution in [-0.2, 0) is 0 Å². The number of nitrogens with one attached hydrogen (secondary N) is 1. The van der Waals surface area contributed by atoms with Gasteiger partial charge in [-0.15, -0.1) is 11.3 Å². The lowest BCUT2D eigenvalue weighted by Gasteiger charge is -2.05. The zero-order chi connectivity index (χ0) is 16.8. The van der Waals surface area contributed by atoms with Gasteiger partial charge in [-0.1, -0.05) is 11.6 Å². The maximum Gasteiger partial charge on any atom is 0.188 e. The minimum Gasteiger partial charge on any atom is -0.492 e. The van der Waals surface area contributed by atoms with Gasteiger partial charge in [0, 0.05) is 5.38 Å². The van der Waals surface area contributed by atoms with E-state index in [-0.39, 0.29) is 0 Å². The summed E-state index contributed by atoms with van der Waals surface area (Å²) in [5.74, 6) is 1.36. The van der Waals surface area contributed by atoms with Crippen molar-refractivity contribution in [2.75, 3.05) is 11.9 Å². The van der Waals surface area contributed by atoms with E-state index in [1.807, 2.05) is 51.3 Å². The summed E-state index contributed by atoms with van der Waals surface area (Å²) in [6, 6.07) is 3.79. The zero-order valence-electron chi connectivity index (χ0n) is 13.9. The van der Waals surface area contributed by atoms with E-state index in [2.05, 4.69) is 15.3 Å². The molecule has 6 heteroatoms. The number of pyridine rings is 1. The van der Waals surface area contributed by atoms with Crippen molar-refractivity contribution in [1.82, 2.24) is 9.97 Å². The number of nitrogens with zero attached hydrogens (tertiary/aromatic N) is 2. The number of anilines is 1. The summed E-state index contributed by atoms with van der Waals surface area (Å²) >= 11 is 1.50. The smallest absolute Gasteiger partial charge is 0.188 e. The highest BCUT2D eigenvalue weighted by Crippen LogP contribution is 2.25. The normalized spacial score (nSPS) is 11.7. The monoisotopic (exact) mass is 330 g/mol. The SMILES string of the molecule is CCOc1ccc(-c2csc(N/C(N)=C(\C)C=C(C)C)n2)nc1. The number of rotatable bonds is 6. The lowest BCUT2D eigenvalue weighted by Crippen LogP contribution is -2.11. The molecule has 0 saturated heterocycles. The molecule has 23 heavy (non-hydrogen) atoms.